The monoisotopic (exact) mass is 526 g/mol. The summed E-state index contributed by atoms with van der Waals surface area (Å²) in [5.41, 5.74) is 3.36. The Labute approximate surface area is 220 Å². The number of carbonyl (C=O) groups excluding carboxylic acids is 4. The average molecular weight is 527 g/mol. The minimum absolute atomic E-state index is 0.285. The number of rotatable bonds is 11. The summed E-state index contributed by atoms with van der Waals surface area (Å²) in [6, 6.07) is 0. The van der Waals surface area contributed by atoms with Crippen molar-refractivity contribution in [2.24, 2.45) is 5.41 Å². The molecule has 1 atom stereocenters. The fourth-order valence-corrected chi connectivity index (χ4v) is 2.71. The van der Waals surface area contributed by atoms with Crippen LogP contribution in [0.5, 0.6) is 0 Å². The van der Waals surface area contributed by atoms with Crippen LogP contribution in [0.25, 0.3) is 0 Å². The van der Waals surface area contributed by atoms with Crippen molar-refractivity contribution in [2.45, 2.75) is 52.1 Å². The number of carbonyl (C=O) groups is 4. The van der Waals surface area contributed by atoms with E-state index in [1.807, 2.05) is 13.8 Å². The Morgan fingerprint density at radius 3 is 1.68 bits per heavy atom. The molecule has 0 saturated carbocycles. The summed E-state index contributed by atoms with van der Waals surface area (Å²) in [5.74, 6) is 0. The summed E-state index contributed by atoms with van der Waals surface area (Å²) in [6.07, 6.45) is 18.1. The number of nitrogens with one attached hydrogen (secondary N) is 4. The van der Waals surface area contributed by atoms with Gasteiger partial charge in [-0.25, -0.2) is 19.9 Å². The normalized spacial score (nSPS) is 10.8. The predicted octanol–water partition coefficient (Wildman–Crippen LogP) is 1.38. The summed E-state index contributed by atoms with van der Waals surface area (Å²) in [4.78, 5) is 66.7. The van der Waals surface area contributed by atoms with E-state index in [2.05, 4.69) is 39.9 Å². The second-order valence-corrected chi connectivity index (χ2v) is 8.57. The molecule has 0 spiro atoms. The van der Waals surface area contributed by atoms with Crippen LogP contribution in [-0.4, -0.2) is 76.2 Å². The van der Waals surface area contributed by atoms with E-state index in [-0.39, 0.29) is 5.41 Å². The topological polar surface area (TPSA) is 203 Å². The number of aliphatic hydroxyl groups is 1. The first-order valence-corrected chi connectivity index (χ1v) is 11.7. The zero-order valence-corrected chi connectivity index (χ0v) is 21.4. The lowest BCUT2D eigenvalue weighted by Gasteiger charge is -2.14. The molecule has 204 valence electrons. The first kappa shape index (κ1) is 31.5. The highest BCUT2D eigenvalue weighted by atomic mass is 16.3. The van der Waals surface area contributed by atoms with Crippen LogP contribution in [0.3, 0.4) is 0 Å². The molecule has 0 aromatic carbocycles. The van der Waals surface area contributed by atoms with E-state index in [1.165, 1.54) is 6.33 Å². The molecular formula is C25H34N8O5. The standard InChI is InChI=1S/C8H12N2O.C6H8N2O2.C6H8N2O.C5H6N2O/c1-8(2,5-11)3-7-4-9-6-10-7;9-3-6(10)1-5-2-7-4-8-5;9-3-1-2-6-4-7-5-8-6;8-2-1-5-3-6-4-7-5/h4-6H,3H2,1-2H3,(H,9,10);2-4,6,10H,1H2,(H,7,8);3-5H,1-2H2,(H,7,8);2-4H,1H2,(H,6,7)/t;6-;;/m.0../s1. The number of aromatic amines is 4. The van der Waals surface area contributed by atoms with E-state index in [0.29, 0.717) is 25.5 Å². The lowest BCUT2D eigenvalue weighted by Crippen LogP contribution is -2.16. The Balaban J connectivity index is 0.000000255. The number of aromatic nitrogens is 8. The lowest BCUT2D eigenvalue weighted by atomic mass is 9.90. The van der Waals surface area contributed by atoms with Crippen LogP contribution >= 0.6 is 0 Å². The molecule has 13 nitrogen and oxygen atoms in total. The van der Waals surface area contributed by atoms with Crippen LogP contribution in [0.1, 0.15) is 43.0 Å². The van der Waals surface area contributed by atoms with Gasteiger partial charge in [0.05, 0.1) is 25.3 Å². The van der Waals surface area contributed by atoms with Crippen molar-refractivity contribution in [1.82, 2.24) is 39.9 Å². The molecule has 4 aromatic heterocycles. The van der Waals surface area contributed by atoms with Gasteiger partial charge in [-0.15, -0.1) is 0 Å². The highest BCUT2D eigenvalue weighted by molar-refractivity contribution is 5.58. The quantitative estimate of drug-likeness (QED) is 0.179. The van der Waals surface area contributed by atoms with Gasteiger partial charge in [-0.3, -0.25) is 0 Å². The fourth-order valence-electron chi connectivity index (χ4n) is 2.71. The second kappa shape index (κ2) is 18.7. The number of aldehydes is 4. The molecule has 13 heteroatoms. The second-order valence-electron chi connectivity index (χ2n) is 8.57. The largest absolute Gasteiger partial charge is 0.385 e. The number of hydrogen-bond donors (Lipinski definition) is 5. The Kier molecular flexibility index (Phi) is 15.5. The predicted molar refractivity (Wildman–Crippen MR) is 138 cm³/mol. The van der Waals surface area contributed by atoms with Crippen LogP contribution in [0.15, 0.2) is 50.1 Å². The van der Waals surface area contributed by atoms with Gasteiger partial charge in [0.1, 0.15) is 31.2 Å². The van der Waals surface area contributed by atoms with Crippen molar-refractivity contribution in [3.05, 3.63) is 72.9 Å². The van der Waals surface area contributed by atoms with Crippen molar-refractivity contribution in [3.63, 3.8) is 0 Å². The molecule has 5 N–H and O–H groups in total. The third kappa shape index (κ3) is 14.8. The summed E-state index contributed by atoms with van der Waals surface area (Å²) in [7, 11) is 0. The van der Waals surface area contributed by atoms with E-state index in [0.717, 1.165) is 54.5 Å². The molecule has 0 radical (unpaired) electrons. The van der Waals surface area contributed by atoms with Gasteiger partial charge in [0.25, 0.3) is 0 Å². The SMILES string of the molecule is CC(C)(C=O)Cc1cnc[nH]1.O=CCCc1cnc[nH]1.O=CCc1cnc[nH]1.O=C[C@@H](O)Cc1cnc[nH]1. The van der Waals surface area contributed by atoms with E-state index in [9.17, 15) is 19.2 Å². The number of H-pyrrole nitrogens is 4. The number of nitrogens with zero attached hydrogens (tertiary/aromatic N) is 4. The van der Waals surface area contributed by atoms with E-state index in [1.54, 1.807) is 43.8 Å². The molecule has 4 heterocycles. The first-order valence-electron chi connectivity index (χ1n) is 11.7. The Hall–Kier alpha value is -4.52. The molecule has 4 rings (SSSR count). The molecule has 0 unspecified atom stereocenters. The van der Waals surface area contributed by atoms with Gasteiger partial charge in [0, 0.05) is 78.7 Å². The molecule has 0 saturated heterocycles. The van der Waals surface area contributed by atoms with Crippen molar-refractivity contribution in [2.75, 3.05) is 0 Å². The number of aryl methyl sites for hydroxylation is 1. The van der Waals surface area contributed by atoms with Crippen LogP contribution in [0.4, 0.5) is 0 Å². The zero-order chi connectivity index (χ0) is 28.1. The Bertz CT molecular complexity index is 1110. The van der Waals surface area contributed by atoms with Crippen molar-refractivity contribution < 1.29 is 24.3 Å². The van der Waals surface area contributed by atoms with E-state index >= 15 is 0 Å². The van der Waals surface area contributed by atoms with Crippen molar-refractivity contribution >= 4 is 25.1 Å². The summed E-state index contributed by atoms with van der Waals surface area (Å²) in [6.45, 7) is 3.81. The summed E-state index contributed by atoms with van der Waals surface area (Å²) < 4.78 is 0. The average Bonchev–Trinajstić information content (AvgIpc) is 3.73. The van der Waals surface area contributed by atoms with Crippen LogP contribution in [-0.2, 0) is 44.9 Å². The maximum atomic E-state index is 10.5. The molecule has 0 aliphatic rings. The van der Waals surface area contributed by atoms with Gasteiger partial charge >= 0.3 is 0 Å². The lowest BCUT2D eigenvalue weighted by molar-refractivity contribution is -0.115. The van der Waals surface area contributed by atoms with Crippen LogP contribution < -0.4 is 0 Å². The first-order chi connectivity index (χ1) is 18.3. The summed E-state index contributed by atoms with van der Waals surface area (Å²) in [5, 5.41) is 8.81. The molecule has 0 aliphatic heterocycles. The van der Waals surface area contributed by atoms with Gasteiger partial charge in [0.2, 0.25) is 0 Å². The van der Waals surface area contributed by atoms with Crippen LogP contribution in [0, 0.1) is 5.41 Å². The van der Waals surface area contributed by atoms with Gasteiger partial charge in [-0.05, 0) is 6.42 Å². The minimum atomic E-state index is -0.916. The number of hydrogen-bond acceptors (Lipinski definition) is 9. The highest BCUT2D eigenvalue weighted by Gasteiger charge is 2.17. The van der Waals surface area contributed by atoms with Crippen molar-refractivity contribution in [3.8, 4) is 0 Å². The van der Waals surface area contributed by atoms with Crippen molar-refractivity contribution in [1.29, 1.82) is 0 Å². The molecule has 0 fully saturated rings. The maximum Gasteiger partial charge on any atom is 0.148 e. The van der Waals surface area contributed by atoms with Gasteiger partial charge < -0.3 is 44.2 Å². The summed E-state index contributed by atoms with van der Waals surface area (Å²) >= 11 is 0. The number of imidazole rings is 4. The Morgan fingerprint density at radius 1 is 0.763 bits per heavy atom. The van der Waals surface area contributed by atoms with Gasteiger partial charge in [0.15, 0.2) is 0 Å². The molecule has 0 aliphatic carbocycles. The molecule has 4 aromatic rings. The third-order valence-corrected chi connectivity index (χ3v) is 4.61. The third-order valence-electron chi connectivity index (χ3n) is 4.61. The van der Waals surface area contributed by atoms with Crippen LogP contribution in [0.2, 0.25) is 0 Å². The zero-order valence-electron chi connectivity index (χ0n) is 21.4. The number of aliphatic hydroxyl groups excluding tert-OH is 1. The maximum absolute atomic E-state index is 10.5. The molecular weight excluding hydrogens is 492 g/mol. The van der Waals surface area contributed by atoms with Gasteiger partial charge in [-0.2, -0.15) is 0 Å². The Morgan fingerprint density at radius 2 is 1.26 bits per heavy atom. The highest BCUT2D eigenvalue weighted by Crippen LogP contribution is 2.16. The molecule has 38 heavy (non-hydrogen) atoms. The molecule has 0 amide bonds. The fraction of sp³-hybridized carbons (Fsp3) is 0.360. The van der Waals surface area contributed by atoms with E-state index in [4.69, 9.17) is 5.11 Å². The smallest absolute Gasteiger partial charge is 0.148 e. The van der Waals surface area contributed by atoms with Gasteiger partial charge in [-0.1, -0.05) is 13.8 Å². The van der Waals surface area contributed by atoms with E-state index < -0.39 is 6.10 Å². The minimum Gasteiger partial charge on any atom is -0.385 e. The molecule has 0 bridgehead atoms.